The first-order valence-electron chi connectivity index (χ1n) is 22.4. The number of ether oxygens (including phenoxy) is 1. The van der Waals surface area contributed by atoms with E-state index >= 15 is 0 Å². The highest BCUT2D eigenvalue weighted by Crippen LogP contribution is 2.26. The number of rotatable bonds is 36. The van der Waals surface area contributed by atoms with E-state index in [1.165, 1.54) is 122 Å². The largest absolute Gasteiger partial charge is 0.394 e. The molecule has 0 radical (unpaired) electrons. The van der Waals surface area contributed by atoms with Crippen LogP contribution in [0.4, 0.5) is 0 Å². The zero-order valence-electron chi connectivity index (χ0n) is 34.7. The van der Waals surface area contributed by atoms with Gasteiger partial charge in [-0.1, -0.05) is 174 Å². The van der Waals surface area contributed by atoms with Crippen LogP contribution in [0, 0.1) is 0 Å². The van der Waals surface area contributed by atoms with Crippen molar-refractivity contribution in [3.05, 3.63) is 0 Å². The predicted molar refractivity (Wildman–Crippen MR) is 218 cm³/mol. The lowest BCUT2D eigenvalue weighted by atomic mass is 9.94. The Morgan fingerprint density at radius 2 is 1.04 bits per heavy atom. The van der Waals surface area contributed by atoms with E-state index in [0.717, 1.165) is 51.4 Å². The van der Waals surface area contributed by atoms with Crippen molar-refractivity contribution in [1.29, 1.82) is 0 Å². The molecule has 0 bridgehead atoms. The van der Waals surface area contributed by atoms with Crippen LogP contribution in [0.3, 0.4) is 0 Å². The Morgan fingerprint density at radius 1 is 0.630 bits per heavy atom. The fourth-order valence-electron chi connectivity index (χ4n) is 7.53. The molecule has 8 N–H and O–H groups in total. The van der Waals surface area contributed by atoms with E-state index in [-0.39, 0.29) is 18.7 Å². The first-order chi connectivity index (χ1) is 26.2. The molecule has 318 valence electrons. The topological polar surface area (TPSA) is 188 Å². The number of hydrogen-bond acceptors (Lipinski definition) is 8. The molecule has 11 nitrogen and oxygen atoms in total. The number of nitrogens with two attached hydrogens (primary N) is 2. The number of carbonyl (C=O) groups is 3. The average molecular weight is 769 g/mol. The zero-order chi connectivity index (χ0) is 39.8. The highest BCUT2D eigenvalue weighted by atomic mass is 16.5. The first kappa shape index (κ1) is 50.2. The molecule has 1 aliphatic rings. The number of hydrogen-bond donors (Lipinski definition) is 6. The summed E-state index contributed by atoms with van der Waals surface area (Å²) in [6.07, 6.45) is 27.6. The lowest BCUT2D eigenvalue weighted by Gasteiger charge is -2.47. The summed E-state index contributed by atoms with van der Waals surface area (Å²) in [7, 11) is 0. The fraction of sp³-hybridized carbons (Fsp3) is 0.930. The van der Waals surface area contributed by atoms with Gasteiger partial charge in [-0.05, 0) is 19.3 Å². The van der Waals surface area contributed by atoms with Gasteiger partial charge in [-0.3, -0.25) is 14.4 Å². The molecule has 1 heterocycles. The van der Waals surface area contributed by atoms with Gasteiger partial charge < -0.3 is 41.7 Å². The van der Waals surface area contributed by atoms with Crippen LogP contribution in [0.1, 0.15) is 206 Å². The molecule has 0 aromatic rings. The van der Waals surface area contributed by atoms with E-state index < -0.39 is 55.0 Å². The lowest BCUT2D eigenvalue weighted by molar-refractivity contribution is -0.231. The minimum absolute atomic E-state index is 0.0119. The van der Waals surface area contributed by atoms with Crippen molar-refractivity contribution in [2.75, 3.05) is 13.2 Å². The zero-order valence-corrected chi connectivity index (χ0v) is 34.7. The van der Waals surface area contributed by atoms with Crippen LogP contribution in [0.25, 0.3) is 0 Å². The Kier molecular flexibility index (Phi) is 31.0. The van der Waals surface area contributed by atoms with E-state index in [2.05, 4.69) is 19.2 Å². The van der Waals surface area contributed by atoms with Crippen molar-refractivity contribution < 1.29 is 34.4 Å². The van der Waals surface area contributed by atoms with Crippen molar-refractivity contribution in [2.24, 2.45) is 11.5 Å². The summed E-state index contributed by atoms with van der Waals surface area (Å²) >= 11 is 0. The highest BCUT2D eigenvalue weighted by Gasteiger charge is 2.48. The highest BCUT2D eigenvalue weighted by molar-refractivity contribution is 5.83. The van der Waals surface area contributed by atoms with Crippen molar-refractivity contribution >= 4 is 17.7 Å². The van der Waals surface area contributed by atoms with Crippen LogP contribution < -0.4 is 16.8 Å². The maximum absolute atomic E-state index is 13.9. The van der Waals surface area contributed by atoms with Gasteiger partial charge in [0.05, 0.1) is 12.6 Å². The molecule has 0 unspecified atom stereocenters. The Balaban J connectivity index is 2.72. The molecule has 1 rings (SSSR count). The van der Waals surface area contributed by atoms with Crippen LogP contribution in [0.2, 0.25) is 0 Å². The second kappa shape index (κ2) is 33.4. The number of primary amides is 1. The van der Waals surface area contributed by atoms with E-state index in [9.17, 15) is 29.7 Å². The molecule has 1 aliphatic heterocycles. The Hall–Kier alpha value is -1.79. The van der Waals surface area contributed by atoms with E-state index in [1.807, 2.05) is 0 Å². The van der Waals surface area contributed by atoms with Crippen molar-refractivity contribution in [2.45, 2.75) is 243 Å². The number of amides is 3. The lowest BCUT2D eigenvalue weighted by Crippen LogP contribution is -2.69. The molecular formula is C43H84N4O7. The van der Waals surface area contributed by atoms with E-state index in [4.69, 9.17) is 16.2 Å². The summed E-state index contributed by atoms with van der Waals surface area (Å²) in [5.41, 5.74) is 11.3. The minimum Gasteiger partial charge on any atom is -0.394 e. The predicted octanol–water partition coefficient (Wildman–Crippen LogP) is 7.29. The molecule has 0 spiro atoms. The average Bonchev–Trinajstić information content (AvgIpc) is 3.16. The summed E-state index contributed by atoms with van der Waals surface area (Å²) in [6, 6.07) is -2.27. The van der Waals surface area contributed by atoms with Crippen molar-refractivity contribution in [3.63, 3.8) is 0 Å². The summed E-state index contributed by atoms with van der Waals surface area (Å²) in [4.78, 5) is 39.8. The summed E-state index contributed by atoms with van der Waals surface area (Å²) in [6.45, 7) is 4.29. The Morgan fingerprint density at radius 3 is 1.44 bits per heavy atom. The van der Waals surface area contributed by atoms with Crippen LogP contribution >= 0.6 is 0 Å². The minimum atomic E-state index is -1.52. The van der Waals surface area contributed by atoms with Gasteiger partial charge in [0.15, 0.2) is 6.23 Å². The number of carbonyl (C=O) groups excluding carboxylic acids is 3. The van der Waals surface area contributed by atoms with E-state index in [1.54, 1.807) is 4.90 Å². The second-order valence-electron chi connectivity index (χ2n) is 16.1. The summed E-state index contributed by atoms with van der Waals surface area (Å²) < 4.78 is 6.09. The maximum atomic E-state index is 13.9. The fourth-order valence-corrected chi connectivity index (χ4v) is 7.53. The summed E-state index contributed by atoms with van der Waals surface area (Å²) in [5, 5.41) is 34.6. The van der Waals surface area contributed by atoms with Crippen LogP contribution in [0.5, 0.6) is 0 Å². The number of nitrogens with zero attached hydrogens (tertiary/aromatic N) is 1. The van der Waals surface area contributed by atoms with Crippen LogP contribution in [0.15, 0.2) is 0 Å². The van der Waals surface area contributed by atoms with Crippen molar-refractivity contribution in [3.8, 4) is 0 Å². The molecule has 0 aliphatic carbocycles. The van der Waals surface area contributed by atoms with Gasteiger partial charge in [0, 0.05) is 19.4 Å². The van der Waals surface area contributed by atoms with E-state index in [0.29, 0.717) is 13.0 Å². The van der Waals surface area contributed by atoms with Crippen LogP contribution in [-0.2, 0) is 19.1 Å². The summed E-state index contributed by atoms with van der Waals surface area (Å²) in [5.74, 6) is -1.38. The molecule has 11 heteroatoms. The second-order valence-corrected chi connectivity index (χ2v) is 16.1. The smallest absolute Gasteiger partial charge is 0.237 e. The third-order valence-electron chi connectivity index (χ3n) is 11.1. The first-order valence-corrected chi connectivity index (χ1v) is 22.4. The Bertz CT molecular complexity index is 941. The standard InChI is InChI=1S/C43H84N4O7/c1-3-5-7-9-11-13-15-17-18-19-20-22-24-26-28-30-38(50)47(33-29-27-25-23-21-16-14-12-10-8-6-4-2)43-39(41(52)40(51)36(34-48)54-43)46-42(53)35(44)31-32-37(45)49/h35-36,39-41,43,48,51-52H,3-34,44H2,1-2H3,(H2,45,49)(H,46,53)/t35-,36+,39+,40+,41+,43+/m0/s1. The number of unbranched alkanes of at least 4 members (excludes halogenated alkanes) is 25. The third kappa shape index (κ3) is 23.3. The molecule has 54 heavy (non-hydrogen) atoms. The molecule has 3 amide bonds. The van der Waals surface area contributed by atoms with Gasteiger partial charge in [0.25, 0.3) is 0 Å². The normalized spacial score (nSPS) is 20.5. The molecule has 0 aromatic heterocycles. The number of aliphatic hydroxyl groups excluding tert-OH is 3. The molecule has 0 saturated carbocycles. The van der Waals surface area contributed by atoms with Gasteiger partial charge in [-0.2, -0.15) is 0 Å². The maximum Gasteiger partial charge on any atom is 0.237 e. The molecular weight excluding hydrogens is 684 g/mol. The van der Waals surface area contributed by atoms with Gasteiger partial charge in [0.2, 0.25) is 17.7 Å². The molecule has 6 atom stereocenters. The van der Waals surface area contributed by atoms with Crippen molar-refractivity contribution in [1.82, 2.24) is 10.2 Å². The van der Waals surface area contributed by atoms with Crippen LogP contribution in [-0.4, -0.2) is 87.7 Å². The third-order valence-corrected chi connectivity index (χ3v) is 11.1. The quantitative estimate of drug-likeness (QED) is 0.0358. The van der Waals surface area contributed by atoms with Gasteiger partial charge in [-0.25, -0.2) is 0 Å². The molecule has 1 saturated heterocycles. The van der Waals surface area contributed by atoms with Gasteiger partial charge >= 0.3 is 0 Å². The number of aliphatic hydroxyl groups is 3. The van der Waals surface area contributed by atoms with Gasteiger partial charge in [-0.15, -0.1) is 0 Å². The monoisotopic (exact) mass is 769 g/mol. The molecule has 1 fully saturated rings. The van der Waals surface area contributed by atoms with Gasteiger partial charge in [0.1, 0.15) is 24.4 Å². The SMILES string of the molecule is CCCCCCCCCCCCCCCCCC(=O)N(CCCCCCCCCCCCCC)[C@@H]1O[C@H](CO)[C@@H](O)[C@H](O)[C@H]1NC(=O)[C@@H](N)CCC(N)=O. The Labute approximate surface area is 329 Å². The molecule has 0 aromatic carbocycles. The number of nitrogens with one attached hydrogen (secondary N) is 1.